The molecule has 0 spiro atoms. The predicted molar refractivity (Wildman–Crippen MR) is 117 cm³/mol. The monoisotopic (exact) mass is 413 g/mol. The lowest BCUT2D eigenvalue weighted by Gasteiger charge is -2.32. The summed E-state index contributed by atoms with van der Waals surface area (Å²) in [6.07, 6.45) is 5.00. The number of piperidine rings is 1. The first-order valence-corrected chi connectivity index (χ1v) is 10.4. The molecule has 0 bridgehead atoms. The lowest BCUT2D eigenvalue weighted by Crippen LogP contribution is -2.51. The first-order valence-electron chi connectivity index (χ1n) is 10.4. The highest BCUT2D eigenvalue weighted by atomic mass is 16.5. The van der Waals surface area contributed by atoms with Crippen LogP contribution in [-0.2, 0) is 12.8 Å². The van der Waals surface area contributed by atoms with Crippen molar-refractivity contribution in [1.29, 1.82) is 0 Å². The summed E-state index contributed by atoms with van der Waals surface area (Å²) in [5.41, 5.74) is 6.61. The molecule has 1 saturated heterocycles. The Hall–Kier alpha value is -3.16. The number of furan rings is 1. The third-order valence-electron chi connectivity index (χ3n) is 5.22. The lowest BCUT2D eigenvalue weighted by molar-refractivity contribution is 0.188. The van der Waals surface area contributed by atoms with Gasteiger partial charge in [0.2, 0.25) is 0 Å². The fourth-order valence-corrected chi connectivity index (χ4v) is 3.44. The number of carbonyl (C=O) groups excluding carboxylic acids is 1. The van der Waals surface area contributed by atoms with Crippen LogP contribution >= 0.6 is 0 Å². The molecule has 2 aromatic rings. The van der Waals surface area contributed by atoms with Gasteiger partial charge in [-0.3, -0.25) is 4.99 Å². The zero-order valence-corrected chi connectivity index (χ0v) is 17.5. The van der Waals surface area contributed by atoms with E-state index in [0.29, 0.717) is 19.6 Å². The summed E-state index contributed by atoms with van der Waals surface area (Å²) < 4.78 is 10.6. The molecule has 1 aliphatic rings. The molecule has 1 aliphatic heterocycles. The number of rotatable bonds is 8. The van der Waals surface area contributed by atoms with Gasteiger partial charge in [0.25, 0.3) is 0 Å². The number of guanidine groups is 1. The number of aliphatic imine (C=N–C) groups is 1. The van der Waals surface area contributed by atoms with Crippen molar-refractivity contribution in [1.82, 2.24) is 15.5 Å². The number of nitrogens with two attached hydrogens (primary N) is 1. The summed E-state index contributed by atoms with van der Waals surface area (Å²) in [4.78, 5) is 17.7. The minimum Gasteiger partial charge on any atom is -0.497 e. The third kappa shape index (κ3) is 6.72. The van der Waals surface area contributed by atoms with E-state index < -0.39 is 0 Å². The van der Waals surface area contributed by atoms with Crippen LogP contribution in [0.1, 0.15) is 24.2 Å². The quantitative estimate of drug-likeness (QED) is 0.454. The van der Waals surface area contributed by atoms with Crippen LogP contribution in [0.25, 0.3) is 0 Å². The van der Waals surface area contributed by atoms with Crippen LogP contribution in [0.5, 0.6) is 5.75 Å². The molecule has 8 heteroatoms. The molecular formula is C22H31N5O3. The number of benzene rings is 1. The number of nitrogens with zero attached hydrogens (tertiary/aromatic N) is 2. The van der Waals surface area contributed by atoms with Crippen molar-refractivity contribution >= 4 is 12.0 Å². The molecule has 0 aliphatic carbocycles. The van der Waals surface area contributed by atoms with Crippen LogP contribution in [0.15, 0.2) is 52.1 Å². The highest BCUT2D eigenvalue weighted by Crippen LogP contribution is 2.12. The molecule has 2 heterocycles. The Bertz CT molecular complexity index is 797. The van der Waals surface area contributed by atoms with Crippen molar-refractivity contribution in [3.63, 3.8) is 0 Å². The number of carbonyl (C=O) groups is 1. The summed E-state index contributed by atoms with van der Waals surface area (Å²) in [7, 11) is 1.67. The van der Waals surface area contributed by atoms with Gasteiger partial charge < -0.3 is 30.4 Å². The van der Waals surface area contributed by atoms with Gasteiger partial charge in [-0.15, -0.1) is 0 Å². The van der Waals surface area contributed by atoms with Gasteiger partial charge in [0, 0.05) is 38.6 Å². The topological polar surface area (TPSA) is 105 Å². The number of likely N-dealkylation sites (tertiary alicyclic amines) is 1. The Morgan fingerprint density at radius 2 is 2.00 bits per heavy atom. The molecule has 3 rings (SSSR count). The Labute approximate surface area is 177 Å². The van der Waals surface area contributed by atoms with E-state index in [9.17, 15) is 4.79 Å². The van der Waals surface area contributed by atoms with E-state index >= 15 is 0 Å². The van der Waals surface area contributed by atoms with Crippen LogP contribution in [0, 0.1) is 0 Å². The first-order chi connectivity index (χ1) is 14.6. The Kier molecular flexibility index (Phi) is 8.00. The van der Waals surface area contributed by atoms with Gasteiger partial charge in [-0.25, -0.2) is 4.79 Å². The number of urea groups is 1. The van der Waals surface area contributed by atoms with Crippen molar-refractivity contribution in [2.24, 2.45) is 10.7 Å². The minimum atomic E-state index is -0.349. The molecule has 1 fully saturated rings. The molecule has 4 N–H and O–H groups in total. The van der Waals surface area contributed by atoms with Crippen molar-refractivity contribution in [3.8, 4) is 5.75 Å². The van der Waals surface area contributed by atoms with Gasteiger partial charge in [-0.1, -0.05) is 12.1 Å². The number of methoxy groups -OCH3 is 1. The maximum Gasteiger partial charge on any atom is 0.314 e. The van der Waals surface area contributed by atoms with Gasteiger partial charge >= 0.3 is 6.03 Å². The Balaban J connectivity index is 1.52. The van der Waals surface area contributed by atoms with Crippen LogP contribution in [0.3, 0.4) is 0 Å². The molecule has 2 amide bonds. The van der Waals surface area contributed by atoms with Crippen LogP contribution in [0.2, 0.25) is 0 Å². The number of hydrogen-bond acceptors (Lipinski definition) is 4. The number of hydrogen-bond donors (Lipinski definition) is 3. The molecule has 0 radical (unpaired) electrons. The highest BCUT2D eigenvalue weighted by Gasteiger charge is 2.21. The Morgan fingerprint density at radius 3 is 2.63 bits per heavy atom. The standard InChI is InChI=1S/C22H31N5O3/c1-29-19-6-4-17(5-7-19)8-12-24-22(25-13-9-20-3-2-16-30-20)26-18-10-14-27(15-11-18)21(23)28/h2-7,16,18H,8-15H2,1H3,(H2,23,28)(H2,24,25,26). The van der Waals surface area contributed by atoms with Crippen LogP contribution in [-0.4, -0.2) is 56.2 Å². The molecule has 162 valence electrons. The number of amides is 2. The molecule has 0 atom stereocenters. The number of nitrogens with one attached hydrogen (secondary N) is 2. The zero-order valence-electron chi connectivity index (χ0n) is 17.5. The van der Waals surface area contributed by atoms with Gasteiger partial charge in [-0.2, -0.15) is 0 Å². The van der Waals surface area contributed by atoms with E-state index in [1.54, 1.807) is 18.3 Å². The van der Waals surface area contributed by atoms with Crippen molar-refractivity contribution in [2.45, 2.75) is 31.7 Å². The third-order valence-corrected chi connectivity index (χ3v) is 5.22. The normalized spacial score (nSPS) is 15.1. The Morgan fingerprint density at radius 1 is 1.23 bits per heavy atom. The summed E-state index contributed by atoms with van der Waals surface area (Å²) in [6.45, 7) is 2.72. The second-order valence-electron chi connectivity index (χ2n) is 7.33. The maximum absolute atomic E-state index is 11.3. The van der Waals surface area contributed by atoms with Crippen LogP contribution < -0.4 is 21.1 Å². The smallest absolute Gasteiger partial charge is 0.314 e. The van der Waals surface area contributed by atoms with E-state index in [4.69, 9.17) is 19.9 Å². The molecule has 8 nitrogen and oxygen atoms in total. The SMILES string of the molecule is COc1ccc(CCNC(=NCCc2ccco2)NC2CCN(C(N)=O)CC2)cc1. The van der Waals surface area contributed by atoms with E-state index in [-0.39, 0.29) is 12.1 Å². The van der Waals surface area contributed by atoms with Crippen molar-refractivity contribution in [2.75, 3.05) is 33.3 Å². The fourth-order valence-electron chi connectivity index (χ4n) is 3.44. The minimum absolute atomic E-state index is 0.261. The molecule has 30 heavy (non-hydrogen) atoms. The molecule has 0 unspecified atom stereocenters. The van der Waals surface area contributed by atoms with E-state index in [1.807, 2.05) is 24.3 Å². The summed E-state index contributed by atoms with van der Waals surface area (Å²) in [6, 6.07) is 11.8. The van der Waals surface area contributed by atoms with Gasteiger partial charge in [-0.05, 0) is 49.1 Å². The number of ether oxygens (including phenoxy) is 1. The first kappa shape index (κ1) is 21.5. The van der Waals surface area contributed by atoms with Gasteiger partial charge in [0.05, 0.1) is 13.4 Å². The van der Waals surface area contributed by atoms with Crippen molar-refractivity contribution in [3.05, 3.63) is 54.0 Å². The van der Waals surface area contributed by atoms with E-state index in [2.05, 4.69) is 22.8 Å². The molecule has 1 aromatic heterocycles. The van der Waals surface area contributed by atoms with Gasteiger partial charge in [0.15, 0.2) is 5.96 Å². The second kappa shape index (κ2) is 11.1. The van der Waals surface area contributed by atoms with Gasteiger partial charge in [0.1, 0.15) is 11.5 Å². The molecule has 1 aromatic carbocycles. The lowest BCUT2D eigenvalue weighted by atomic mass is 10.1. The largest absolute Gasteiger partial charge is 0.497 e. The predicted octanol–water partition coefficient (Wildman–Crippen LogP) is 2.15. The maximum atomic E-state index is 11.3. The molecular weight excluding hydrogens is 382 g/mol. The summed E-state index contributed by atoms with van der Waals surface area (Å²) >= 11 is 0. The number of primary amides is 1. The second-order valence-corrected chi connectivity index (χ2v) is 7.33. The van der Waals surface area contributed by atoms with Crippen LogP contribution in [0.4, 0.5) is 4.79 Å². The average Bonchev–Trinajstić information content (AvgIpc) is 3.28. The van der Waals surface area contributed by atoms with E-state index in [1.165, 1.54) is 5.56 Å². The van der Waals surface area contributed by atoms with Crippen molar-refractivity contribution < 1.29 is 13.9 Å². The highest BCUT2D eigenvalue weighted by molar-refractivity contribution is 5.80. The summed E-state index contributed by atoms with van der Waals surface area (Å²) in [5.74, 6) is 2.56. The van der Waals surface area contributed by atoms with E-state index in [0.717, 1.165) is 49.7 Å². The zero-order chi connectivity index (χ0) is 21.2. The summed E-state index contributed by atoms with van der Waals surface area (Å²) in [5, 5.41) is 6.94. The average molecular weight is 414 g/mol. The fraction of sp³-hybridized carbons (Fsp3) is 0.455. The molecule has 0 saturated carbocycles.